The third-order valence-electron chi connectivity index (χ3n) is 6.47. The van der Waals surface area contributed by atoms with E-state index in [1.54, 1.807) is 45.2 Å². The van der Waals surface area contributed by atoms with Crippen molar-refractivity contribution in [2.24, 2.45) is 7.05 Å². The van der Waals surface area contributed by atoms with Crippen LogP contribution in [-0.2, 0) is 13.5 Å². The molecule has 0 spiro atoms. The molecule has 0 unspecified atom stereocenters. The second kappa shape index (κ2) is 7.15. The summed E-state index contributed by atoms with van der Waals surface area (Å²) in [7, 11) is 1.67. The summed E-state index contributed by atoms with van der Waals surface area (Å²) in [4.78, 5) is 43.2. The summed E-state index contributed by atoms with van der Waals surface area (Å²) >= 11 is 0. The first-order valence-corrected chi connectivity index (χ1v) is 10.9. The van der Waals surface area contributed by atoms with Gasteiger partial charge in [-0.2, -0.15) is 0 Å². The van der Waals surface area contributed by atoms with Crippen molar-refractivity contribution >= 4 is 39.3 Å². The fourth-order valence-electron chi connectivity index (χ4n) is 4.64. The van der Waals surface area contributed by atoms with Crippen LogP contribution in [0.5, 0.6) is 0 Å². The Labute approximate surface area is 190 Å². The largest absolute Gasteiger partial charge is 0.390 e. The van der Waals surface area contributed by atoms with Crippen LogP contribution in [-0.4, -0.2) is 32.1 Å². The van der Waals surface area contributed by atoms with Crippen LogP contribution >= 0.6 is 0 Å². The predicted octanol–water partition coefficient (Wildman–Crippen LogP) is 3.83. The third kappa shape index (κ3) is 3.27. The average molecular weight is 444 g/mol. The normalized spacial score (nSPS) is 14.0. The lowest BCUT2D eigenvalue weighted by molar-refractivity contribution is 0.0714. The third-order valence-corrected chi connectivity index (χ3v) is 6.47. The van der Waals surface area contributed by atoms with E-state index in [0.717, 1.165) is 16.5 Å². The van der Waals surface area contributed by atoms with Crippen molar-refractivity contribution in [3.63, 3.8) is 0 Å². The molecule has 7 nitrogen and oxygen atoms in total. The van der Waals surface area contributed by atoms with Crippen LogP contribution in [0.25, 0.3) is 21.8 Å². The second-order valence-corrected chi connectivity index (χ2v) is 9.40. The first kappa shape index (κ1) is 21.2. The van der Waals surface area contributed by atoms with Crippen LogP contribution in [0.1, 0.15) is 52.1 Å². The molecule has 4 aromatic rings. The van der Waals surface area contributed by atoms with Crippen molar-refractivity contribution in [3.05, 3.63) is 75.2 Å². The molecule has 5 rings (SSSR count). The molecule has 1 aromatic heterocycles. The zero-order valence-corrected chi connectivity index (χ0v) is 19.0. The van der Waals surface area contributed by atoms with Crippen LogP contribution < -0.4 is 10.6 Å². The Kier molecular flexibility index (Phi) is 4.58. The standard InChI is InChI=1S/C26H25N3O4/c1-14-12-21-19(27-25(32)28(21)4)13-20(14)29-23(30)17-7-5-6-16-15(10-11-26(2,3)33)8-9-18(22(16)17)24(29)31/h5-9,12-13,33H,10-11H2,1-4H3,(H,27,32). The molecule has 2 amide bonds. The van der Waals surface area contributed by atoms with E-state index in [-0.39, 0.29) is 5.69 Å². The molecular weight excluding hydrogens is 418 g/mol. The van der Waals surface area contributed by atoms with Gasteiger partial charge >= 0.3 is 5.69 Å². The molecule has 7 heteroatoms. The SMILES string of the molecule is Cc1cc2c(cc1N1C(=O)c3cccc4c(CCC(C)(C)O)ccc(c34)C1=O)[nH]c(=O)n2C. The Hall–Kier alpha value is -3.71. The monoisotopic (exact) mass is 443 g/mol. The summed E-state index contributed by atoms with van der Waals surface area (Å²) in [6, 6.07) is 12.7. The van der Waals surface area contributed by atoms with Crippen molar-refractivity contribution in [3.8, 4) is 0 Å². The molecule has 0 saturated heterocycles. The maximum Gasteiger partial charge on any atom is 0.326 e. The number of imide groups is 1. The Morgan fingerprint density at radius 1 is 1.00 bits per heavy atom. The maximum absolute atomic E-state index is 13.6. The number of H-pyrrole nitrogens is 1. The molecule has 2 N–H and O–H groups in total. The molecule has 1 aliphatic rings. The average Bonchev–Trinajstić information content (AvgIpc) is 3.03. The van der Waals surface area contributed by atoms with E-state index < -0.39 is 17.4 Å². The Bertz CT molecular complexity index is 1510. The summed E-state index contributed by atoms with van der Waals surface area (Å²) in [6.07, 6.45) is 1.20. The molecule has 168 valence electrons. The molecule has 0 fully saturated rings. The first-order chi connectivity index (χ1) is 15.6. The number of rotatable bonds is 4. The van der Waals surface area contributed by atoms with Crippen LogP contribution in [0.2, 0.25) is 0 Å². The Morgan fingerprint density at radius 2 is 1.70 bits per heavy atom. The molecule has 0 bridgehead atoms. The number of anilines is 1. The van der Waals surface area contributed by atoms with Gasteiger partial charge in [-0.3, -0.25) is 14.2 Å². The van der Waals surface area contributed by atoms with Crippen molar-refractivity contribution in [1.82, 2.24) is 9.55 Å². The molecule has 0 aliphatic carbocycles. The second-order valence-electron chi connectivity index (χ2n) is 9.40. The quantitative estimate of drug-likeness (QED) is 0.469. The fourth-order valence-corrected chi connectivity index (χ4v) is 4.64. The minimum absolute atomic E-state index is 0.258. The number of nitrogens with zero attached hydrogens (tertiary/aromatic N) is 2. The highest BCUT2D eigenvalue weighted by Crippen LogP contribution is 2.37. The zero-order chi connectivity index (χ0) is 23.7. The lowest BCUT2D eigenvalue weighted by atomic mass is 9.88. The molecule has 33 heavy (non-hydrogen) atoms. The van der Waals surface area contributed by atoms with E-state index in [2.05, 4.69) is 4.98 Å². The highest BCUT2D eigenvalue weighted by atomic mass is 16.3. The van der Waals surface area contributed by atoms with Gasteiger partial charge in [-0.05, 0) is 74.4 Å². The van der Waals surface area contributed by atoms with Crippen LogP contribution in [0.15, 0.2) is 47.3 Å². The number of aromatic amines is 1. The lowest BCUT2D eigenvalue weighted by Gasteiger charge is -2.29. The fraction of sp³-hybridized carbons (Fsp3) is 0.269. The van der Waals surface area contributed by atoms with Crippen molar-refractivity contribution in [1.29, 1.82) is 0 Å². The molecule has 0 radical (unpaired) electrons. The van der Waals surface area contributed by atoms with Gasteiger partial charge in [-0.25, -0.2) is 9.69 Å². The van der Waals surface area contributed by atoms with E-state index in [0.29, 0.717) is 46.1 Å². The first-order valence-electron chi connectivity index (χ1n) is 10.9. The minimum atomic E-state index is -0.809. The van der Waals surface area contributed by atoms with Crippen molar-refractivity contribution in [2.45, 2.75) is 39.2 Å². The number of imidazole rings is 1. The number of aromatic nitrogens is 2. The number of aryl methyl sites for hydroxylation is 3. The number of hydrogen-bond donors (Lipinski definition) is 2. The van der Waals surface area contributed by atoms with Crippen LogP contribution in [0.4, 0.5) is 5.69 Å². The van der Waals surface area contributed by atoms with Crippen LogP contribution in [0, 0.1) is 6.92 Å². The smallest absolute Gasteiger partial charge is 0.326 e. The summed E-state index contributed by atoms with van der Waals surface area (Å²) in [5, 5.41) is 11.7. The van der Waals surface area contributed by atoms with Gasteiger partial charge in [0.25, 0.3) is 11.8 Å². The number of aliphatic hydroxyl groups is 1. The summed E-state index contributed by atoms with van der Waals surface area (Å²) in [5.74, 6) is -0.781. The predicted molar refractivity (Wildman–Crippen MR) is 128 cm³/mol. The van der Waals surface area contributed by atoms with Gasteiger partial charge in [0.15, 0.2) is 0 Å². The van der Waals surface area contributed by atoms with E-state index >= 15 is 0 Å². The zero-order valence-electron chi connectivity index (χ0n) is 19.0. The molecular formula is C26H25N3O4. The molecule has 1 aliphatic heterocycles. The number of carbonyl (C=O) groups excluding carboxylic acids is 2. The molecule has 3 aromatic carbocycles. The molecule has 2 heterocycles. The maximum atomic E-state index is 13.6. The van der Waals surface area contributed by atoms with Crippen molar-refractivity contribution < 1.29 is 14.7 Å². The summed E-state index contributed by atoms with van der Waals surface area (Å²) in [5.41, 5.74) is 3.30. The van der Waals surface area contributed by atoms with E-state index in [1.165, 1.54) is 9.47 Å². The molecule has 0 saturated carbocycles. The number of fused-ring (bicyclic) bond motifs is 1. The number of carbonyl (C=O) groups is 2. The Balaban J connectivity index is 1.66. The van der Waals surface area contributed by atoms with E-state index in [9.17, 15) is 19.5 Å². The van der Waals surface area contributed by atoms with E-state index in [4.69, 9.17) is 0 Å². The van der Waals surface area contributed by atoms with E-state index in [1.807, 2.05) is 25.1 Å². The van der Waals surface area contributed by atoms with Gasteiger partial charge in [0.1, 0.15) is 0 Å². The summed E-state index contributed by atoms with van der Waals surface area (Å²) in [6.45, 7) is 5.35. The van der Waals surface area contributed by atoms with Gasteiger partial charge in [0.2, 0.25) is 0 Å². The van der Waals surface area contributed by atoms with Gasteiger partial charge in [0, 0.05) is 23.6 Å². The summed E-state index contributed by atoms with van der Waals surface area (Å²) < 4.78 is 1.50. The number of hydrogen-bond acceptors (Lipinski definition) is 4. The number of nitrogens with one attached hydrogen (secondary N) is 1. The van der Waals surface area contributed by atoms with Gasteiger partial charge in [0.05, 0.1) is 22.3 Å². The van der Waals surface area contributed by atoms with Crippen molar-refractivity contribution in [2.75, 3.05) is 4.90 Å². The Morgan fingerprint density at radius 3 is 2.39 bits per heavy atom. The number of amides is 2. The highest BCUT2D eigenvalue weighted by molar-refractivity contribution is 6.36. The van der Waals surface area contributed by atoms with Gasteiger partial charge < -0.3 is 10.1 Å². The minimum Gasteiger partial charge on any atom is -0.390 e. The van der Waals surface area contributed by atoms with Gasteiger partial charge in [-0.15, -0.1) is 0 Å². The van der Waals surface area contributed by atoms with Crippen LogP contribution in [0.3, 0.4) is 0 Å². The number of benzene rings is 3. The molecule has 0 atom stereocenters. The van der Waals surface area contributed by atoms with Gasteiger partial charge in [-0.1, -0.05) is 18.2 Å². The lowest BCUT2D eigenvalue weighted by Crippen LogP contribution is -2.41. The highest BCUT2D eigenvalue weighted by Gasteiger charge is 2.35. The topological polar surface area (TPSA) is 95.4 Å².